The Kier molecular flexibility index (Phi) is 52.1. The summed E-state index contributed by atoms with van der Waals surface area (Å²) in [7, 11) is 0. The fraction of sp³-hybridized carbons (Fsp3) is 0.761. The molecule has 0 aromatic rings. The third-order valence-electron chi connectivity index (χ3n) is 14.4. The van der Waals surface area contributed by atoms with Crippen LogP contribution in [-0.4, -0.2) is 100 Å². The van der Waals surface area contributed by atoms with Crippen LogP contribution in [0.15, 0.2) is 85.1 Å². The molecule has 450 valence electrons. The second kappa shape index (κ2) is 55.7. The molecule has 0 aliphatic carbocycles. The van der Waals surface area contributed by atoms with Gasteiger partial charge in [0.1, 0.15) is 24.4 Å². The van der Waals surface area contributed by atoms with Gasteiger partial charge in [-0.2, -0.15) is 0 Å². The Morgan fingerprint density at radius 1 is 0.474 bits per heavy atom. The molecule has 0 spiro atoms. The van der Waals surface area contributed by atoms with Crippen LogP contribution in [0.1, 0.15) is 264 Å². The highest BCUT2D eigenvalue weighted by Crippen LogP contribution is 2.23. The van der Waals surface area contributed by atoms with E-state index in [1.807, 2.05) is 6.08 Å². The maximum Gasteiger partial charge on any atom is 0.305 e. The Bertz CT molecular complexity index is 1570. The first-order valence-corrected chi connectivity index (χ1v) is 31.9. The van der Waals surface area contributed by atoms with E-state index in [0.29, 0.717) is 19.4 Å². The lowest BCUT2D eigenvalue weighted by atomic mass is 9.99. The van der Waals surface area contributed by atoms with Crippen molar-refractivity contribution >= 4 is 11.9 Å². The average molecular weight is 1100 g/mol. The van der Waals surface area contributed by atoms with Crippen LogP contribution in [0, 0.1) is 0 Å². The molecule has 1 saturated heterocycles. The van der Waals surface area contributed by atoms with Gasteiger partial charge >= 0.3 is 5.97 Å². The molecule has 7 atom stereocenters. The Balaban J connectivity index is 2.11. The number of aliphatic hydroxyl groups excluding tert-OH is 5. The van der Waals surface area contributed by atoms with Crippen LogP contribution in [-0.2, 0) is 23.8 Å². The van der Waals surface area contributed by atoms with Crippen LogP contribution in [0.4, 0.5) is 0 Å². The maximum absolute atomic E-state index is 13.1. The van der Waals surface area contributed by atoms with Gasteiger partial charge in [-0.25, -0.2) is 0 Å². The number of carbonyl (C=O) groups excluding carboxylic acids is 2. The van der Waals surface area contributed by atoms with Gasteiger partial charge in [0.25, 0.3) is 0 Å². The molecule has 0 radical (unpaired) electrons. The molecule has 0 aromatic carbocycles. The van der Waals surface area contributed by atoms with Crippen molar-refractivity contribution in [1.29, 1.82) is 0 Å². The number of amides is 1. The highest BCUT2D eigenvalue weighted by Gasteiger charge is 2.44. The van der Waals surface area contributed by atoms with E-state index in [1.54, 1.807) is 6.08 Å². The molecule has 0 aromatic heterocycles. The number of ether oxygens (including phenoxy) is 3. The quantitative estimate of drug-likeness (QED) is 0.0195. The van der Waals surface area contributed by atoms with Gasteiger partial charge in [0, 0.05) is 12.8 Å². The molecule has 11 heteroatoms. The second-order valence-corrected chi connectivity index (χ2v) is 21.7. The number of rotatable bonds is 54. The van der Waals surface area contributed by atoms with E-state index in [2.05, 4.69) is 92.1 Å². The standard InChI is InChI=1S/C67H117NO10/c1-3-5-7-9-11-13-15-17-26-29-33-37-41-45-49-53-60(70)59(58-77-67-66(75)65(74)64(73)61(57-69)78-67)68-62(71)54-50-46-42-38-34-30-27-24-22-20-19-21-23-25-28-32-36-40-44-48-52-56-76-63(72)55-51-47-43-39-35-31-18-16-14-12-10-8-6-4-2/h10,12,15-18,32-33,36-37,44,48-49,53,59-61,64-67,69-70,73-75H,3-9,11,13-14,19-31,34-35,38-43,45-47,50-52,54-58H2,1-2H3,(H,68,71)/b12-10-,17-15+,18-16-,36-32-,37-33+,48-44-,53-49+. The predicted octanol–water partition coefficient (Wildman–Crippen LogP) is 15.3. The van der Waals surface area contributed by atoms with Crippen LogP contribution in [0.25, 0.3) is 0 Å². The zero-order valence-electron chi connectivity index (χ0n) is 49.6. The summed E-state index contributed by atoms with van der Waals surface area (Å²) in [5.74, 6) is -0.268. The van der Waals surface area contributed by atoms with Crippen molar-refractivity contribution < 1.29 is 49.3 Å². The van der Waals surface area contributed by atoms with Crippen molar-refractivity contribution in [3.05, 3.63) is 85.1 Å². The maximum atomic E-state index is 13.1. The molecule has 6 N–H and O–H groups in total. The minimum Gasteiger partial charge on any atom is -0.465 e. The van der Waals surface area contributed by atoms with Crippen LogP contribution < -0.4 is 5.32 Å². The fourth-order valence-electron chi connectivity index (χ4n) is 9.38. The Morgan fingerprint density at radius 2 is 0.885 bits per heavy atom. The molecule has 78 heavy (non-hydrogen) atoms. The first-order chi connectivity index (χ1) is 38.2. The number of unbranched alkanes of at least 4 members (excludes halogenated alkanes) is 28. The van der Waals surface area contributed by atoms with E-state index >= 15 is 0 Å². The Morgan fingerprint density at radius 3 is 1.38 bits per heavy atom. The largest absolute Gasteiger partial charge is 0.465 e. The molecular formula is C67H117NO10. The number of carbonyl (C=O) groups is 2. The van der Waals surface area contributed by atoms with Crippen molar-refractivity contribution in [2.45, 2.75) is 307 Å². The van der Waals surface area contributed by atoms with Gasteiger partial charge in [-0.05, 0) is 103 Å². The molecule has 1 heterocycles. The highest BCUT2D eigenvalue weighted by molar-refractivity contribution is 5.76. The third kappa shape index (κ3) is 44.6. The number of allylic oxidation sites excluding steroid dienone is 12. The van der Waals surface area contributed by atoms with Crippen LogP contribution in [0.5, 0.6) is 0 Å². The van der Waals surface area contributed by atoms with E-state index < -0.39 is 49.5 Å². The van der Waals surface area contributed by atoms with E-state index in [-0.39, 0.29) is 18.5 Å². The predicted molar refractivity (Wildman–Crippen MR) is 324 cm³/mol. The summed E-state index contributed by atoms with van der Waals surface area (Å²) in [5, 5.41) is 54.4. The van der Waals surface area contributed by atoms with Gasteiger partial charge in [-0.15, -0.1) is 0 Å². The zero-order valence-corrected chi connectivity index (χ0v) is 49.6. The van der Waals surface area contributed by atoms with Gasteiger partial charge in [-0.3, -0.25) is 9.59 Å². The summed E-state index contributed by atoms with van der Waals surface area (Å²) in [5.41, 5.74) is 0. The fourth-order valence-corrected chi connectivity index (χ4v) is 9.38. The molecule has 1 aliphatic rings. The summed E-state index contributed by atoms with van der Waals surface area (Å²) in [6.07, 6.45) is 65.5. The lowest BCUT2D eigenvalue weighted by Crippen LogP contribution is -2.60. The summed E-state index contributed by atoms with van der Waals surface area (Å²) in [4.78, 5) is 25.1. The Hall–Kier alpha value is -3.16. The topological polar surface area (TPSA) is 175 Å². The number of aliphatic hydroxyl groups is 5. The van der Waals surface area contributed by atoms with Crippen molar-refractivity contribution in [1.82, 2.24) is 5.32 Å². The number of hydrogen-bond donors (Lipinski definition) is 6. The second-order valence-electron chi connectivity index (χ2n) is 21.7. The zero-order chi connectivity index (χ0) is 56.6. The minimum atomic E-state index is -1.58. The van der Waals surface area contributed by atoms with Gasteiger partial charge in [0.15, 0.2) is 6.29 Å². The molecule has 11 nitrogen and oxygen atoms in total. The van der Waals surface area contributed by atoms with E-state index in [9.17, 15) is 35.1 Å². The first-order valence-electron chi connectivity index (χ1n) is 31.9. The van der Waals surface area contributed by atoms with Crippen LogP contribution >= 0.6 is 0 Å². The number of nitrogens with one attached hydrogen (secondary N) is 1. The van der Waals surface area contributed by atoms with Crippen molar-refractivity contribution in [2.24, 2.45) is 0 Å². The first kappa shape index (κ1) is 72.9. The lowest BCUT2D eigenvalue weighted by Gasteiger charge is -2.40. The van der Waals surface area contributed by atoms with Crippen molar-refractivity contribution in [3.8, 4) is 0 Å². The molecule has 1 aliphatic heterocycles. The molecule has 0 bridgehead atoms. The molecule has 0 saturated carbocycles. The number of hydrogen-bond acceptors (Lipinski definition) is 10. The van der Waals surface area contributed by atoms with Crippen LogP contribution in [0.3, 0.4) is 0 Å². The minimum absolute atomic E-state index is 0.0649. The van der Waals surface area contributed by atoms with Crippen molar-refractivity contribution in [3.63, 3.8) is 0 Å². The molecule has 1 rings (SSSR count). The van der Waals surface area contributed by atoms with E-state index in [1.165, 1.54) is 135 Å². The average Bonchev–Trinajstić information content (AvgIpc) is 3.45. The lowest BCUT2D eigenvalue weighted by molar-refractivity contribution is -0.302. The number of esters is 1. The van der Waals surface area contributed by atoms with E-state index in [0.717, 1.165) is 103 Å². The van der Waals surface area contributed by atoms with Gasteiger partial charge in [0.2, 0.25) is 5.91 Å². The SMILES string of the molecule is CCCC/C=C\C/C=C\CCCCCCCC(=O)OCC/C=C\C/C=C\CCCCCCCCCCCCCCCCC(=O)NC(COC1OC(CO)C(O)C(O)C1O)C(O)/C=C/CC/C=C/CC/C=C/CCCCCCC. The monoisotopic (exact) mass is 1100 g/mol. The highest BCUT2D eigenvalue weighted by atomic mass is 16.7. The summed E-state index contributed by atoms with van der Waals surface area (Å²) in [6, 6.07) is -0.841. The van der Waals surface area contributed by atoms with Gasteiger partial charge in [-0.1, -0.05) is 234 Å². The molecule has 1 fully saturated rings. The van der Waals surface area contributed by atoms with Crippen LogP contribution in [0.2, 0.25) is 0 Å². The van der Waals surface area contributed by atoms with Gasteiger partial charge < -0.3 is 45.1 Å². The normalized spacial score (nSPS) is 19.1. The summed E-state index contributed by atoms with van der Waals surface area (Å²) in [6.45, 7) is 4.14. The smallest absolute Gasteiger partial charge is 0.305 e. The molecule has 1 amide bonds. The summed E-state index contributed by atoms with van der Waals surface area (Å²) < 4.78 is 16.6. The summed E-state index contributed by atoms with van der Waals surface area (Å²) >= 11 is 0. The van der Waals surface area contributed by atoms with E-state index in [4.69, 9.17) is 14.2 Å². The third-order valence-corrected chi connectivity index (χ3v) is 14.4. The van der Waals surface area contributed by atoms with Gasteiger partial charge in [0.05, 0.1) is 32.0 Å². The molecule has 7 unspecified atom stereocenters. The van der Waals surface area contributed by atoms with Crippen molar-refractivity contribution in [2.75, 3.05) is 19.8 Å². The Labute approximate surface area is 476 Å². The molecular weight excluding hydrogens is 979 g/mol.